The van der Waals surface area contributed by atoms with Crippen molar-refractivity contribution < 1.29 is 19.1 Å². The molecule has 154 valence electrons. The summed E-state index contributed by atoms with van der Waals surface area (Å²) in [7, 11) is 0. The highest BCUT2D eigenvalue weighted by Crippen LogP contribution is 2.31. The van der Waals surface area contributed by atoms with Crippen LogP contribution < -0.4 is 20.3 Å². The van der Waals surface area contributed by atoms with Crippen molar-refractivity contribution in [1.29, 1.82) is 0 Å². The topological polar surface area (TPSA) is 76.7 Å². The summed E-state index contributed by atoms with van der Waals surface area (Å²) in [6, 6.07) is 7.73. The lowest BCUT2D eigenvalue weighted by Gasteiger charge is -2.10. The van der Waals surface area contributed by atoms with Crippen molar-refractivity contribution in [2.45, 2.75) is 51.4 Å². The number of hydrogen-bond acceptors (Lipinski definition) is 5. The van der Waals surface area contributed by atoms with E-state index in [1.165, 1.54) is 29.7 Å². The van der Waals surface area contributed by atoms with Gasteiger partial charge in [0.15, 0.2) is 11.5 Å². The SMILES string of the molecule is O=C(CCc1ccc2c(c1)OCCCO2)NNC(=O)c1cc2c(s1)CCCCC2. The van der Waals surface area contributed by atoms with Crippen molar-refractivity contribution in [3.05, 3.63) is 45.1 Å². The van der Waals surface area contributed by atoms with Gasteiger partial charge in [-0.15, -0.1) is 11.3 Å². The normalized spacial score (nSPS) is 15.6. The number of rotatable bonds is 4. The summed E-state index contributed by atoms with van der Waals surface area (Å²) in [5.41, 5.74) is 7.36. The summed E-state index contributed by atoms with van der Waals surface area (Å²) >= 11 is 1.54. The third-order valence-corrected chi connectivity index (χ3v) is 6.47. The first-order chi connectivity index (χ1) is 14.2. The maximum atomic E-state index is 12.4. The minimum Gasteiger partial charge on any atom is -0.490 e. The molecule has 2 heterocycles. The molecule has 0 saturated heterocycles. The van der Waals surface area contributed by atoms with Gasteiger partial charge >= 0.3 is 0 Å². The van der Waals surface area contributed by atoms with Gasteiger partial charge in [0.2, 0.25) is 5.91 Å². The maximum Gasteiger partial charge on any atom is 0.279 e. The molecule has 4 rings (SSSR count). The number of ether oxygens (including phenoxy) is 2. The van der Waals surface area contributed by atoms with Crippen LogP contribution in [0.2, 0.25) is 0 Å². The fourth-order valence-electron chi connectivity index (χ4n) is 3.65. The fraction of sp³-hybridized carbons (Fsp3) is 0.455. The molecule has 1 aliphatic carbocycles. The van der Waals surface area contributed by atoms with Gasteiger partial charge in [-0.25, -0.2) is 0 Å². The molecule has 29 heavy (non-hydrogen) atoms. The highest BCUT2D eigenvalue weighted by molar-refractivity contribution is 7.14. The van der Waals surface area contributed by atoms with E-state index in [0.29, 0.717) is 24.5 Å². The molecule has 0 bridgehead atoms. The van der Waals surface area contributed by atoms with Crippen LogP contribution >= 0.6 is 11.3 Å². The Bertz CT molecular complexity index is 869. The molecule has 0 unspecified atom stereocenters. The van der Waals surface area contributed by atoms with Crippen molar-refractivity contribution >= 4 is 23.2 Å². The average Bonchev–Trinajstić information content (AvgIpc) is 2.88. The van der Waals surface area contributed by atoms with Crippen LogP contribution in [0.15, 0.2) is 24.3 Å². The molecular weight excluding hydrogens is 388 g/mol. The van der Waals surface area contributed by atoms with E-state index in [1.807, 2.05) is 24.3 Å². The van der Waals surface area contributed by atoms with Crippen LogP contribution in [0, 0.1) is 0 Å². The van der Waals surface area contributed by atoms with Crippen LogP contribution in [0.3, 0.4) is 0 Å². The van der Waals surface area contributed by atoms with Crippen molar-refractivity contribution in [2.24, 2.45) is 0 Å². The van der Waals surface area contributed by atoms with Crippen LogP contribution in [0.5, 0.6) is 11.5 Å². The van der Waals surface area contributed by atoms with Crippen LogP contribution in [0.25, 0.3) is 0 Å². The van der Waals surface area contributed by atoms with E-state index in [9.17, 15) is 9.59 Å². The van der Waals surface area contributed by atoms with E-state index >= 15 is 0 Å². The van der Waals surface area contributed by atoms with Gasteiger partial charge in [-0.05, 0) is 61.4 Å². The Morgan fingerprint density at radius 1 is 0.931 bits per heavy atom. The van der Waals surface area contributed by atoms with E-state index in [2.05, 4.69) is 10.9 Å². The molecule has 2 aromatic rings. The zero-order valence-corrected chi connectivity index (χ0v) is 17.2. The van der Waals surface area contributed by atoms with E-state index in [-0.39, 0.29) is 18.2 Å². The number of nitrogens with one attached hydrogen (secondary N) is 2. The summed E-state index contributed by atoms with van der Waals surface area (Å²) in [5.74, 6) is 1.01. The average molecular weight is 415 g/mol. The predicted octanol–water partition coefficient (Wildman–Crippen LogP) is 3.57. The summed E-state index contributed by atoms with van der Waals surface area (Å²) in [5, 5.41) is 0. The Hall–Kier alpha value is -2.54. The van der Waals surface area contributed by atoms with Gasteiger partial charge in [-0.1, -0.05) is 12.5 Å². The number of fused-ring (bicyclic) bond motifs is 2. The molecular formula is C22H26N2O4S. The molecule has 2 amide bonds. The first kappa shape index (κ1) is 19.8. The Labute approximate surface area is 174 Å². The predicted molar refractivity (Wildman–Crippen MR) is 112 cm³/mol. The molecule has 0 fully saturated rings. The zero-order chi connectivity index (χ0) is 20.1. The van der Waals surface area contributed by atoms with Crippen LogP contribution in [-0.2, 0) is 24.1 Å². The number of carbonyl (C=O) groups is 2. The summed E-state index contributed by atoms with van der Waals surface area (Å²) in [6.45, 7) is 1.29. The van der Waals surface area contributed by atoms with Gasteiger partial charge in [-0.3, -0.25) is 20.4 Å². The zero-order valence-electron chi connectivity index (χ0n) is 16.4. The van der Waals surface area contributed by atoms with Crippen molar-refractivity contribution in [3.8, 4) is 11.5 Å². The highest BCUT2D eigenvalue weighted by atomic mass is 32.1. The molecule has 1 aliphatic heterocycles. The smallest absolute Gasteiger partial charge is 0.279 e. The number of hydrogen-bond donors (Lipinski definition) is 2. The largest absolute Gasteiger partial charge is 0.490 e. The van der Waals surface area contributed by atoms with Crippen molar-refractivity contribution in [1.82, 2.24) is 10.9 Å². The van der Waals surface area contributed by atoms with Crippen molar-refractivity contribution in [3.63, 3.8) is 0 Å². The first-order valence-electron chi connectivity index (χ1n) is 10.3. The van der Waals surface area contributed by atoms with E-state index < -0.39 is 0 Å². The third-order valence-electron chi connectivity index (χ3n) is 5.24. The number of hydrazine groups is 1. The Balaban J connectivity index is 1.26. The standard InChI is InChI=1S/C22H26N2O4S/c25-21(10-8-15-7-9-17-18(13-15)28-12-4-11-27-17)23-24-22(26)20-14-16-5-2-1-3-6-19(16)29-20/h7,9,13-14H,1-6,8,10-12H2,(H,23,25)(H,24,26). The lowest BCUT2D eigenvalue weighted by molar-refractivity contribution is -0.121. The van der Waals surface area contributed by atoms with Gasteiger partial charge in [-0.2, -0.15) is 0 Å². The molecule has 1 aromatic carbocycles. The monoisotopic (exact) mass is 414 g/mol. The number of amides is 2. The molecule has 7 heteroatoms. The van der Waals surface area contributed by atoms with Crippen LogP contribution in [0.4, 0.5) is 0 Å². The van der Waals surface area contributed by atoms with E-state index in [0.717, 1.165) is 36.3 Å². The van der Waals surface area contributed by atoms with Gasteiger partial charge in [0.05, 0.1) is 18.1 Å². The number of carbonyl (C=O) groups excluding carboxylic acids is 2. The van der Waals surface area contributed by atoms with Gasteiger partial charge in [0.25, 0.3) is 5.91 Å². The van der Waals surface area contributed by atoms with Crippen molar-refractivity contribution in [2.75, 3.05) is 13.2 Å². The van der Waals surface area contributed by atoms with E-state index in [1.54, 1.807) is 11.3 Å². The Kier molecular flexibility index (Phi) is 6.34. The van der Waals surface area contributed by atoms with Gasteiger partial charge in [0.1, 0.15) is 0 Å². The van der Waals surface area contributed by atoms with Gasteiger partial charge in [0, 0.05) is 17.7 Å². The molecule has 2 N–H and O–H groups in total. The second-order valence-electron chi connectivity index (χ2n) is 7.45. The Morgan fingerprint density at radius 2 is 1.76 bits per heavy atom. The van der Waals surface area contributed by atoms with Crippen LogP contribution in [-0.4, -0.2) is 25.0 Å². The number of aryl methyl sites for hydroxylation is 3. The molecule has 6 nitrogen and oxygen atoms in total. The Morgan fingerprint density at radius 3 is 2.66 bits per heavy atom. The number of thiophene rings is 1. The molecule has 0 saturated carbocycles. The summed E-state index contributed by atoms with van der Waals surface area (Å²) in [6.07, 6.45) is 7.41. The number of benzene rings is 1. The molecule has 0 spiro atoms. The minimum absolute atomic E-state index is 0.219. The second-order valence-corrected chi connectivity index (χ2v) is 8.59. The van der Waals surface area contributed by atoms with Gasteiger partial charge < -0.3 is 9.47 Å². The minimum atomic E-state index is -0.244. The lowest BCUT2D eigenvalue weighted by atomic mass is 10.1. The molecule has 1 aromatic heterocycles. The molecule has 0 radical (unpaired) electrons. The third kappa shape index (κ3) is 5.09. The van der Waals surface area contributed by atoms with Crippen LogP contribution in [0.1, 0.15) is 57.8 Å². The lowest BCUT2D eigenvalue weighted by Crippen LogP contribution is -2.41. The summed E-state index contributed by atoms with van der Waals surface area (Å²) < 4.78 is 11.3. The molecule has 2 aliphatic rings. The maximum absolute atomic E-state index is 12.4. The summed E-state index contributed by atoms with van der Waals surface area (Å²) in [4.78, 5) is 26.5. The fourth-order valence-corrected chi connectivity index (χ4v) is 4.80. The molecule has 0 atom stereocenters. The first-order valence-corrected chi connectivity index (χ1v) is 11.1. The highest BCUT2D eigenvalue weighted by Gasteiger charge is 2.17. The quantitative estimate of drug-likeness (QED) is 0.592. The second kappa shape index (κ2) is 9.31. The van der Waals surface area contributed by atoms with E-state index in [4.69, 9.17) is 9.47 Å².